The summed E-state index contributed by atoms with van der Waals surface area (Å²) >= 11 is 0. The molecule has 1 saturated heterocycles. The number of anilines is 1. The molecule has 2 aliphatic rings. The normalized spacial score (nSPS) is 18.3. The van der Waals surface area contributed by atoms with E-state index in [0.29, 0.717) is 48.8 Å². The van der Waals surface area contributed by atoms with Gasteiger partial charge in [0.25, 0.3) is 5.69 Å². The van der Waals surface area contributed by atoms with Crippen molar-refractivity contribution >= 4 is 29.7 Å². The largest absolute Gasteiger partial charge is 0.475 e. The monoisotopic (exact) mass is 491 g/mol. The number of likely N-dealkylation sites (tertiary alicyclic amines) is 1. The molecule has 0 saturated carbocycles. The van der Waals surface area contributed by atoms with Crippen LogP contribution in [0.4, 0.5) is 29.5 Å². The van der Waals surface area contributed by atoms with Gasteiger partial charge >= 0.3 is 24.0 Å². The number of aryl methyl sites for hydroxylation is 1. The van der Waals surface area contributed by atoms with Crippen LogP contribution in [0.15, 0.2) is 30.3 Å². The highest BCUT2D eigenvalue weighted by Crippen LogP contribution is 2.32. The van der Waals surface area contributed by atoms with Crippen molar-refractivity contribution in [1.29, 1.82) is 0 Å². The lowest BCUT2D eigenvalue weighted by Gasteiger charge is -2.19. The molecule has 0 bridgehead atoms. The molecule has 3 heterocycles. The number of alkyl halides is 3. The fourth-order valence-corrected chi connectivity index (χ4v) is 4.34. The summed E-state index contributed by atoms with van der Waals surface area (Å²) in [5.41, 5.74) is 2.53. The molecule has 2 aliphatic heterocycles. The van der Waals surface area contributed by atoms with Gasteiger partial charge < -0.3 is 20.1 Å². The van der Waals surface area contributed by atoms with E-state index < -0.39 is 30.5 Å². The summed E-state index contributed by atoms with van der Waals surface area (Å²) in [5, 5.41) is 12.3. The van der Waals surface area contributed by atoms with Crippen molar-refractivity contribution in [1.82, 2.24) is 9.88 Å². The molecular formula is C24H26F3N4O4+. The minimum Gasteiger partial charge on any atom is -0.475 e. The Bertz CT molecular complexity index is 1170. The van der Waals surface area contributed by atoms with Crippen molar-refractivity contribution in [2.75, 3.05) is 38.2 Å². The molecule has 1 aromatic heterocycles. The number of carboxylic acid groups (broad SMARTS) is 1. The number of carboxylic acids is 1. The van der Waals surface area contributed by atoms with Gasteiger partial charge in [-0.2, -0.15) is 13.2 Å². The lowest BCUT2D eigenvalue weighted by Crippen LogP contribution is -2.33. The van der Waals surface area contributed by atoms with Crippen LogP contribution in [-0.2, 0) is 4.74 Å². The highest BCUT2D eigenvalue weighted by Gasteiger charge is 2.36. The number of halogens is 3. The Labute approximate surface area is 200 Å². The van der Waals surface area contributed by atoms with E-state index in [-0.39, 0.29) is 18.8 Å². The maximum Gasteiger partial charge on any atom is 0.389 e. The summed E-state index contributed by atoms with van der Waals surface area (Å²) in [6.45, 7) is 3.61. The number of urea groups is 1. The van der Waals surface area contributed by atoms with Crippen molar-refractivity contribution in [3.63, 3.8) is 0 Å². The molecule has 1 aromatic carbocycles. The zero-order chi connectivity index (χ0) is 25.2. The van der Waals surface area contributed by atoms with Gasteiger partial charge in [-0.05, 0) is 53.1 Å². The van der Waals surface area contributed by atoms with E-state index in [2.05, 4.69) is 10.3 Å². The lowest BCUT2D eigenvalue weighted by molar-refractivity contribution is -0.454. The third kappa shape index (κ3) is 6.16. The number of nitrogens with one attached hydrogen (secondary N) is 1. The summed E-state index contributed by atoms with van der Waals surface area (Å²) in [4.78, 5) is 30.1. The van der Waals surface area contributed by atoms with E-state index >= 15 is 0 Å². The molecule has 4 rings (SSSR count). The average Bonchev–Trinajstić information content (AvgIpc) is 3.27. The SMILES string of the molecule is Cc1ccc(NC(=O)N2CC[C@@H](CC(F)(F)F)C2)cc1-c1cc(C(=O)O)nc([N+]2=CCOCC2)c1. The van der Waals surface area contributed by atoms with Gasteiger partial charge in [-0.15, -0.1) is 0 Å². The quantitative estimate of drug-likeness (QED) is 0.608. The summed E-state index contributed by atoms with van der Waals surface area (Å²) in [5.74, 6) is -1.29. The Kier molecular flexibility index (Phi) is 7.06. The molecule has 1 fully saturated rings. The predicted molar refractivity (Wildman–Crippen MR) is 122 cm³/mol. The third-order valence-electron chi connectivity index (χ3n) is 6.11. The number of carbonyl (C=O) groups excluding carboxylic acids is 1. The number of pyridine rings is 1. The second kappa shape index (κ2) is 10.0. The van der Waals surface area contributed by atoms with Crippen LogP contribution >= 0.6 is 0 Å². The second-order valence-electron chi connectivity index (χ2n) is 8.74. The number of ether oxygens (including phenoxy) is 1. The number of aromatic carboxylic acids is 1. The zero-order valence-electron chi connectivity index (χ0n) is 19.1. The first kappa shape index (κ1) is 24.6. The molecule has 0 spiro atoms. The predicted octanol–water partition coefficient (Wildman–Crippen LogP) is 4.31. The lowest BCUT2D eigenvalue weighted by atomic mass is 9.99. The molecule has 2 N–H and O–H groups in total. The summed E-state index contributed by atoms with van der Waals surface area (Å²) in [6, 6.07) is 8.02. The molecule has 2 aromatic rings. The molecule has 0 unspecified atom stereocenters. The Morgan fingerprint density at radius 2 is 2.09 bits per heavy atom. The van der Waals surface area contributed by atoms with Crippen LogP contribution in [-0.4, -0.2) is 76.8 Å². The van der Waals surface area contributed by atoms with Crippen molar-refractivity contribution < 1.29 is 37.2 Å². The smallest absolute Gasteiger partial charge is 0.389 e. The fourth-order valence-electron chi connectivity index (χ4n) is 4.34. The van der Waals surface area contributed by atoms with Gasteiger partial charge in [0.05, 0.1) is 12.8 Å². The number of nitrogens with zero attached hydrogens (tertiary/aromatic N) is 3. The van der Waals surface area contributed by atoms with Crippen molar-refractivity contribution in [3.8, 4) is 11.1 Å². The van der Waals surface area contributed by atoms with Crippen LogP contribution in [0.3, 0.4) is 0 Å². The Hall–Kier alpha value is -3.47. The second-order valence-corrected chi connectivity index (χ2v) is 8.74. The number of aromatic nitrogens is 1. The van der Waals surface area contributed by atoms with E-state index in [9.17, 15) is 27.9 Å². The van der Waals surface area contributed by atoms with E-state index in [1.165, 1.54) is 11.0 Å². The number of amides is 2. The zero-order valence-corrected chi connectivity index (χ0v) is 19.1. The number of hydrogen-bond acceptors (Lipinski definition) is 4. The van der Waals surface area contributed by atoms with E-state index in [1.807, 2.05) is 11.5 Å². The topological polar surface area (TPSA) is 94.8 Å². The fraction of sp³-hybridized carbons (Fsp3) is 0.417. The van der Waals surface area contributed by atoms with Crippen LogP contribution in [0.2, 0.25) is 0 Å². The molecular weight excluding hydrogens is 465 g/mol. The van der Waals surface area contributed by atoms with E-state index in [4.69, 9.17) is 4.74 Å². The summed E-state index contributed by atoms with van der Waals surface area (Å²) in [7, 11) is 0. The van der Waals surface area contributed by atoms with Crippen molar-refractivity contribution in [2.45, 2.75) is 25.9 Å². The highest BCUT2D eigenvalue weighted by atomic mass is 19.4. The highest BCUT2D eigenvalue weighted by molar-refractivity contribution is 5.91. The van der Waals surface area contributed by atoms with Crippen molar-refractivity contribution in [2.24, 2.45) is 5.92 Å². The molecule has 11 heteroatoms. The molecule has 0 radical (unpaired) electrons. The van der Waals surface area contributed by atoms with Gasteiger partial charge in [0.15, 0.2) is 0 Å². The minimum absolute atomic E-state index is 0.0514. The van der Waals surface area contributed by atoms with Crippen LogP contribution in [0.5, 0.6) is 0 Å². The van der Waals surface area contributed by atoms with E-state index in [0.717, 1.165) is 5.56 Å². The number of rotatable bonds is 5. The minimum atomic E-state index is -4.25. The standard InChI is InChI=1S/C24H25F3N4O4/c1-15-2-3-18(28-23(34)31-5-4-16(14-31)13-24(25,26)27)12-19(15)17-10-20(22(32)33)29-21(11-17)30-6-8-35-9-7-30/h2-3,6,10-12,16H,4-5,7-9,13-14H2,1H3,(H-,28,32,33,34)/p+1/t16-/m0/s1. The maximum absolute atomic E-state index is 12.7. The average molecular weight is 491 g/mol. The first-order valence-corrected chi connectivity index (χ1v) is 11.3. The third-order valence-corrected chi connectivity index (χ3v) is 6.11. The van der Waals surface area contributed by atoms with Gasteiger partial charge in [-0.25, -0.2) is 14.2 Å². The molecule has 8 nitrogen and oxygen atoms in total. The van der Waals surface area contributed by atoms with Crippen LogP contribution in [0, 0.1) is 12.8 Å². The van der Waals surface area contributed by atoms with Crippen LogP contribution < -0.4 is 5.32 Å². The Morgan fingerprint density at radius 1 is 1.29 bits per heavy atom. The first-order chi connectivity index (χ1) is 16.6. The molecule has 1 atom stereocenters. The first-order valence-electron chi connectivity index (χ1n) is 11.3. The Balaban J connectivity index is 1.57. The van der Waals surface area contributed by atoms with Gasteiger partial charge in [0, 0.05) is 37.3 Å². The summed E-state index contributed by atoms with van der Waals surface area (Å²) < 4.78 is 45.2. The number of hydrogen-bond donors (Lipinski definition) is 2. The van der Waals surface area contributed by atoms with Gasteiger partial charge in [0.1, 0.15) is 13.2 Å². The number of carbonyl (C=O) groups is 2. The van der Waals surface area contributed by atoms with Crippen molar-refractivity contribution in [3.05, 3.63) is 41.6 Å². The molecule has 2 amide bonds. The van der Waals surface area contributed by atoms with Gasteiger partial charge in [-0.1, -0.05) is 6.07 Å². The van der Waals surface area contributed by atoms with E-state index in [1.54, 1.807) is 30.5 Å². The summed E-state index contributed by atoms with van der Waals surface area (Å²) in [6.07, 6.45) is -3.04. The molecule has 35 heavy (non-hydrogen) atoms. The van der Waals surface area contributed by atoms with Gasteiger partial charge in [-0.3, -0.25) is 0 Å². The molecule has 0 aliphatic carbocycles. The Morgan fingerprint density at radius 3 is 2.77 bits per heavy atom. The molecule has 186 valence electrons. The van der Waals surface area contributed by atoms with Crippen LogP contribution in [0.25, 0.3) is 11.1 Å². The number of benzene rings is 1. The van der Waals surface area contributed by atoms with Crippen LogP contribution in [0.1, 0.15) is 28.9 Å². The maximum atomic E-state index is 12.7. The van der Waals surface area contributed by atoms with Gasteiger partial charge in [0.2, 0.25) is 0 Å².